The Hall–Kier alpha value is -1.63. The van der Waals surface area contributed by atoms with Crippen molar-refractivity contribution >= 4 is 11.6 Å². The molecule has 0 bridgehead atoms. The second-order valence-corrected chi connectivity index (χ2v) is 4.42. The summed E-state index contributed by atoms with van der Waals surface area (Å²) < 4.78 is 1.72. The lowest BCUT2D eigenvalue weighted by atomic mass is 10.1. The smallest absolute Gasteiger partial charge is 0.358 e. The van der Waals surface area contributed by atoms with Gasteiger partial charge in [-0.2, -0.15) is 0 Å². The predicted molar refractivity (Wildman–Crippen MR) is 64.1 cm³/mol. The van der Waals surface area contributed by atoms with E-state index in [-0.39, 0.29) is 5.82 Å². The lowest BCUT2D eigenvalue weighted by Crippen LogP contribution is -2.26. The van der Waals surface area contributed by atoms with Crippen molar-refractivity contribution in [3.05, 3.63) is 16.4 Å². The lowest BCUT2D eigenvalue weighted by Gasteiger charge is -2.17. The van der Waals surface area contributed by atoms with Crippen LogP contribution in [0.15, 0.2) is 6.33 Å². The Balaban J connectivity index is 2.18. The van der Waals surface area contributed by atoms with E-state index in [1.165, 1.54) is 6.33 Å². The Kier molecular flexibility index (Phi) is 3.28. The fourth-order valence-corrected chi connectivity index (χ4v) is 2.39. The number of anilines is 1. The molecule has 1 fully saturated rings. The third kappa shape index (κ3) is 2.23. The summed E-state index contributed by atoms with van der Waals surface area (Å²) in [5.41, 5.74) is 0. The van der Waals surface area contributed by atoms with Crippen molar-refractivity contribution in [2.45, 2.75) is 6.42 Å². The van der Waals surface area contributed by atoms with E-state index in [9.17, 15) is 10.1 Å². The number of nitrogens with one attached hydrogen (secondary N) is 1. The molecule has 94 valence electrons. The highest BCUT2D eigenvalue weighted by molar-refractivity contribution is 5.55. The average molecular weight is 239 g/mol. The van der Waals surface area contributed by atoms with E-state index in [1.54, 1.807) is 11.6 Å². The SMILES string of the molecule is CNCC1CCN(c2c([N+](=O)[O-])ncn2C)C1. The van der Waals surface area contributed by atoms with Crippen LogP contribution in [0.4, 0.5) is 11.6 Å². The van der Waals surface area contributed by atoms with Crippen molar-refractivity contribution in [3.63, 3.8) is 0 Å². The third-order valence-electron chi connectivity index (χ3n) is 3.14. The molecule has 1 aliphatic heterocycles. The monoisotopic (exact) mass is 239 g/mol. The van der Waals surface area contributed by atoms with Crippen molar-refractivity contribution in [3.8, 4) is 0 Å². The van der Waals surface area contributed by atoms with Crippen molar-refractivity contribution in [1.29, 1.82) is 0 Å². The van der Waals surface area contributed by atoms with Gasteiger partial charge in [-0.05, 0) is 35.8 Å². The number of nitrogens with zero attached hydrogens (tertiary/aromatic N) is 4. The van der Waals surface area contributed by atoms with E-state index in [2.05, 4.69) is 10.3 Å². The van der Waals surface area contributed by atoms with Gasteiger partial charge in [0, 0.05) is 20.1 Å². The molecule has 7 nitrogen and oxygen atoms in total. The summed E-state index contributed by atoms with van der Waals surface area (Å²) in [4.78, 5) is 16.4. The number of rotatable bonds is 4. The number of aromatic nitrogens is 2. The zero-order valence-corrected chi connectivity index (χ0v) is 10.1. The average Bonchev–Trinajstić information content (AvgIpc) is 2.85. The van der Waals surface area contributed by atoms with Crippen LogP contribution in [-0.4, -0.2) is 41.2 Å². The zero-order valence-electron chi connectivity index (χ0n) is 10.1. The summed E-state index contributed by atoms with van der Waals surface area (Å²) in [6.07, 6.45) is 2.56. The van der Waals surface area contributed by atoms with Gasteiger partial charge in [0.25, 0.3) is 0 Å². The summed E-state index contributed by atoms with van der Waals surface area (Å²) in [5, 5.41) is 14.0. The van der Waals surface area contributed by atoms with E-state index in [4.69, 9.17) is 0 Å². The van der Waals surface area contributed by atoms with E-state index < -0.39 is 4.92 Å². The van der Waals surface area contributed by atoms with Crippen LogP contribution in [0.3, 0.4) is 0 Å². The topological polar surface area (TPSA) is 76.2 Å². The summed E-state index contributed by atoms with van der Waals surface area (Å²) in [6, 6.07) is 0. The first kappa shape index (κ1) is 11.8. The first-order chi connectivity index (χ1) is 8.13. The van der Waals surface area contributed by atoms with Crippen LogP contribution < -0.4 is 10.2 Å². The molecule has 0 amide bonds. The van der Waals surface area contributed by atoms with Gasteiger partial charge in [0.1, 0.15) is 0 Å². The fourth-order valence-electron chi connectivity index (χ4n) is 2.39. The summed E-state index contributed by atoms with van der Waals surface area (Å²) in [5.74, 6) is 1.13. The molecule has 1 unspecified atom stereocenters. The molecule has 0 saturated carbocycles. The van der Waals surface area contributed by atoms with Gasteiger partial charge in [0.05, 0.1) is 0 Å². The van der Waals surface area contributed by atoms with Gasteiger partial charge in [0.2, 0.25) is 12.1 Å². The van der Waals surface area contributed by atoms with Gasteiger partial charge in [-0.3, -0.25) is 4.57 Å². The van der Waals surface area contributed by atoms with Gasteiger partial charge in [0.15, 0.2) is 0 Å². The number of aryl methyl sites for hydroxylation is 1. The fraction of sp³-hybridized carbons (Fsp3) is 0.700. The molecule has 1 aromatic rings. The summed E-state index contributed by atoms with van der Waals surface area (Å²) in [7, 11) is 3.72. The van der Waals surface area contributed by atoms with Gasteiger partial charge in [-0.25, -0.2) is 0 Å². The Labute approximate surface area is 99.6 Å². The van der Waals surface area contributed by atoms with E-state index in [0.29, 0.717) is 11.7 Å². The quantitative estimate of drug-likeness (QED) is 0.607. The first-order valence-electron chi connectivity index (χ1n) is 5.68. The van der Waals surface area contributed by atoms with Crippen LogP contribution in [0.2, 0.25) is 0 Å². The van der Waals surface area contributed by atoms with Crippen molar-refractivity contribution in [2.24, 2.45) is 13.0 Å². The maximum atomic E-state index is 10.9. The molecule has 0 spiro atoms. The standard InChI is InChI=1S/C10H17N5O2/c1-11-5-8-3-4-14(6-8)10-9(15(16)17)12-7-13(10)2/h7-8,11H,3-6H2,1-2H3. The largest absolute Gasteiger partial charge is 0.406 e. The molecular formula is C10H17N5O2. The molecule has 0 radical (unpaired) electrons. The Bertz CT molecular complexity index is 417. The van der Waals surface area contributed by atoms with Crippen LogP contribution in [-0.2, 0) is 7.05 Å². The highest BCUT2D eigenvalue weighted by Crippen LogP contribution is 2.30. The molecule has 2 heterocycles. The normalized spacial score (nSPS) is 19.9. The lowest BCUT2D eigenvalue weighted by molar-refractivity contribution is -0.388. The van der Waals surface area contributed by atoms with Gasteiger partial charge in [-0.15, -0.1) is 0 Å². The molecule has 1 atom stereocenters. The van der Waals surface area contributed by atoms with Gasteiger partial charge < -0.3 is 20.3 Å². The minimum atomic E-state index is -0.416. The van der Waals surface area contributed by atoms with E-state index in [0.717, 1.165) is 26.1 Å². The predicted octanol–water partition coefficient (Wildman–Crippen LogP) is 0.374. The number of nitro groups is 1. The molecule has 0 aliphatic carbocycles. The zero-order chi connectivity index (χ0) is 12.4. The maximum absolute atomic E-state index is 10.9. The minimum Gasteiger partial charge on any atom is -0.358 e. The molecule has 17 heavy (non-hydrogen) atoms. The molecule has 0 aromatic carbocycles. The van der Waals surface area contributed by atoms with Crippen LogP contribution >= 0.6 is 0 Å². The summed E-state index contributed by atoms with van der Waals surface area (Å²) >= 11 is 0. The van der Waals surface area contributed by atoms with Crippen LogP contribution in [0.25, 0.3) is 0 Å². The van der Waals surface area contributed by atoms with Gasteiger partial charge >= 0.3 is 5.82 Å². The molecule has 2 rings (SSSR count). The van der Waals surface area contributed by atoms with Crippen molar-refractivity contribution < 1.29 is 4.92 Å². The Morgan fingerprint density at radius 2 is 2.47 bits per heavy atom. The molecule has 1 aromatic heterocycles. The molecule has 1 N–H and O–H groups in total. The molecule has 1 aliphatic rings. The molecular weight excluding hydrogens is 222 g/mol. The van der Waals surface area contributed by atoms with Crippen LogP contribution in [0.5, 0.6) is 0 Å². The van der Waals surface area contributed by atoms with E-state index >= 15 is 0 Å². The van der Waals surface area contributed by atoms with Crippen molar-refractivity contribution in [2.75, 3.05) is 31.6 Å². The third-order valence-corrected chi connectivity index (χ3v) is 3.14. The first-order valence-corrected chi connectivity index (χ1v) is 5.68. The minimum absolute atomic E-state index is 0.0439. The van der Waals surface area contributed by atoms with Crippen molar-refractivity contribution in [1.82, 2.24) is 14.9 Å². The number of imidazole rings is 1. The number of hydrogen-bond acceptors (Lipinski definition) is 5. The molecule has 7 heteroatoms. The Morgan fingerprint density at radius 1 is 1.71 bits per heavy atom. The Morgan fingerprint density at radius 3 is 3.12 bits per heavy atom. The van der Waals surface area contributed by atoms with Crippen LogP contribution in [0, 0.1) is 16.0 Å². The maximum Gasteiger partial charge on any atom is 0.406 e. The molecule has 1 saturated heterocycles. The van der Waals surface area contributed by atoms with Gasteiger partial charge in [-0.1, -0.05) is 0 Å². The second-order valence-electron chi connectivity index (χ2n) is 4.42. The van der Waals surface area contributed by atoms with E-state index in [1.807, 2.05) is 11.9 Å². The van der Waals surface area contributed by atoms with Crippen LogP contribution in [0.1, 0.15) is 6.42 Å². The summed E-state index contributed by atoms with van der Waals surface area (Å²) in [6.45, 7) is 2.65. The number of hydrogen-bond donors (Lipinski definition) is 1. The second kappa shape index (κ2) is 4.70. The highest BCUT2D eigenvalue weighted by Gasteiger charge is 2.30. The highest BCUT2D eigenvalue weighted by atomic mass is 16.6.